The molecule has 8 heteroatoms. The summed E-state index contributed by atoms with van der Waals surface area (Å²) in [5.74, 6) is 0.977. The fraction of sp³-hybridized carbons (Fsp3) is 0.417. The van der Waals surface area contributed by atoms with Gasteiger partial charge in [0.2, 0.25) is 0 Å². The topological polar surface area (TPSA) is 51.2 Å². The molecule has 0 spiro atoms. The van der Waals surface area contributed by atoms with Crippen LogP contribution in [0.3, 0.4) is 0 Å². The van der Waals surface area contributed by atoms with Crippen molar-refractivity contribution >= 4 is 53.1 Å². The van der Waals surface area contributed by atoms with Gasteiger partial charge in [0, 0.05) is 69.6 Å². The summed E-state index contributed by atoms with van der Waals surface area (Å²) in [6, 6.07) is 15.9. The highest BCUT2D eigenvalue weighted by molar-refractivity contribution is 14.0. The molecule has 0 aliphatic carbocycles. The molecule has 0 unspecified atom stereocenters. The van der Waals surface area contributed by atoms with Gasteiger partial charge in [-0.3, -0.25) is 9.79 Å². The van der Waals surface area contributed by atoms with E-state index in [2.05, 4.69) is 34.2 Å². The summed E-state index contributed by atoms with van der Waals surface area (Å²) >= 11 is 6.15. The van der Waals surface area contributed by atoms with E-state index in [1.165, 1.54) is 5.69 Å². The molecule has 1 fully saturated rings. The van der Waals surface area contributed by atoms with Crippen molar-refractivity contribution in [2.45, 2.75) is 13.3 Å². The van der Waals surface area contributed by atoms with Gasteiger partial charge in [-0.1, -0.05) is 29.8 Å². The molecule has 1 aliphatic rings. The van der Waals surface area contributed by atoms with E-state index in [4.69, 9.17) is 16.6 Å². The lowest BCUT2D eigenvalue weighted by atomic mass is 10.1. The number of hydrogen-bond acceptors (Lipinski definition) is 3. The summed E-state index contributed by atoms with van der Waals surface area (Å²) in [6.07, 6.45) is 0.798. The summed E-state index contributed by atoms with van der Waals surface area (Å²) in [5.41, 5.74) is 3.01. The summed E-state index contributed by atoms with van der Waals surface area (Å²) in [5, 5.41) is 4.19. The molecule has 1 N–H and O–H groups in total. The highest BCUT2D eigenvalue weighted by Gasteiger charge is 2.20. The summed E-state index contributed by atoms with van der Waals surface area (Å²) in [6.45, 7) is 7.28. The van der Waals surface area contributed by atoms with Crippen molar-refractivity contribution in [2.24, 2.45) is 4.99 Å². The van der Waals surface area contributed by atoms with Gasteiger partial charge >= 0.3 is 0 Å². The first-order valence-corrected chi connectivity index (χ1v) is 11.2. The Morgan fingerprint density at radius 1 is 1.09 bits per heavy atom. The molecule has 0 saturated carbocycles. The number of nitrogens with zero attached hydrogens (tertiary/aromatic N) is 4. The molecule has 0 radical (unpaired) electrons. The highest BCUT2D eigenvalue weighted by Crippen LogP contribution is 2.20. The Balaban J connectivity index is 0.00000363. The number of amides is 1. The number of piperazine rings is 1. The van der Waals surface area contributed by atoms with Crippen molar-refractivity contribution in [1.82, 2.24) is 15.1 Å². The lowest BCUT2D eigenvalue weighted by Gasteiger charge is -2.37. The average Bonchev–Trinajstić information content (AvgIpc) is 2.78. The lowest BCUT2D eigenvalue weighted by molar-refractivity contribution is 0.0827. The molecule has 6 nitrogen and oxygen atoms in total. The average molecular weight is 570 g/mol. The first-order chi connectivity index (χ1) is 15.0. The summed E-state index contributed by atoms with van der Waals surface area (Å²) in [4.78, 5) is 23.3. The minimum atomic E-state index is 0. The SMILES string of the molecule is CCNC(=NCCc1cccc(C(=O)N(C)C)c1)N1CCN(c2cccc(Cl)c2)CC1.I. The van der Waals surface area contributed by atoms with Gasteiger partial charge in [0.05, 0.1) is 0 Å². The first kappa shape index (κ1) is 26.3. The molecule has 2 aromatic carbocycles. The molecule has 1 aliphatic heterocycles. The Bertz CT molecular complexity index is 913. The smallest absolute Gasteiger partial charge is 0.253 e. The van der Waals surface area contributed by atoms with Crippen molar-refractivity contribution in [3.8, 4) is 0 Å². The quantitative estimate of drug-likeness (QED) is 0.325. The van der Waals surface area contributed by atoms with E-state index in [0.717, 1.165) is 61.3 Å². The second kappa shape index (κ2) is 12.9. The van der Waals surface area contributed by atoms with Crippen LogP contribution in [-0.4, -0.2) is 75.0 Å². The first-order valence-electron chi connectivity index (χ1n) is 10.8. The van der Waals surface area contributed by atoms with Crippen LogP contribution >= 0.6 is 35.6 Å². The van der Waals surface area contributed by atoms with Gasteiger partial charge in [-0.05, 0) is 49.2 Å². The fourth-order valence-corrected chi connectivity index (χ4v) is 3.87. The van der Waals surface area contributed by atoms with E-state index in [-0.39, 0.29) is 29.9 Å². The molecule has 1 heterocycles. The normalized spacial score (nSPS) is 14.1. The molecule has 0 atom stereocenters. The third-order valence-electron chi connectivity index (χ3n) is 5.33. The van der Waals surface area contributed by atoms with Crippen molar-refractivity contribution in [3.63, 3.8) is 0 Å². The van der Waals surface area contributed by atoms with Crippen LogP contribution in [0.25, 0.3) is 0 Å². The monoisotopic (exact) mass is 569 g/mol. The van der Waals surface area contributed by atoms with Gasteiger partial charge < -0.3 is 20.0 Å². The number of carbonyl (C=O) groups is 1. The number of hydrogen-bond donors (Lipinski definition) is 1. The van der Waals surface area contributed by atoms with Crippen LogP contribution < -0.4 is 10.2 Å². The van der Waals surface area contributed by atoms with Crippen LogP contribution in [-0.2, 0) is 6.42 Å². The van der Waals surface area contributed by atoms with Crippen molar-refractivity contribution in [2.75, 3.05) is 58.3 Å². The zero-order valence-corrected chi connectivity index (χ0v) is 22.1. The largest absolute Gasteiger partial charge is 0.368 e. The second-order valence-electron chi connectivity index (χ2n) is 7.84. The molecule has 1 saturated heterocycles. The van der Waals surface area contributed by atoms with Crippen LogP contribution in [0.15, 0.2) is 53.5 Å². The van der Waals surface area contributed by atoms with E-state index < -0.39 is 0 Å². The molecule has 0 aromatic heterocycles. The van der Waals surface area contributed by atoms with Crippen LogP contribution in [0.2, 0.25) is 5.02 Å². The lowest BCUT2D eigenvalue weighted by Crippen LogP contribution is -2.52. The highest BCUT2D eigenvalue weighted by atomic mass is 127. The van der Waals surface area contributed by atoms with Crippen LogP contribution in [0, 0.1) is 0 Å². The van der Waals surface area contributed by atoms with E-state index in [1.54, 1.807) is 19.0 Å². The third-order valence-corrected chi connectivity index (χ3v) is 5.56. The molecule has 1 amide bonds. The van der Waals surface area contributed by atoms with Crippen molar-refractivity contribution < 1.29 is 4.79 Å². The number of aliphatic imine (C=N–C) groups is 1. The number of rotatable bonds is 6. The van der Waals surface area contributed by atoms with Gasteiger partial charge in [-0.15, -0.1) is 24.0 Å². The summed E-state index contributed by atoms with van der Waals surface area (Å²) in [7, 11) is 3.54. The molecular formula is C24H33ClIN5O. The number of anilines is 1. The molecule has 3 rings (SSSR count). The van der Waals surface area contributed by atoms with Gasteiger partial charge in [0.1, 0.15) is 0 Å². The third kappa shape index (κ3) is 7.27. The molecule has 32 heavy (non-hydrogen) atoms. The van der Waals surface area contributed by atoms with Gasteiger partial charge in [-0.25, -0.2) is 0 Å². The van der Waals surface area contributed by atoms with Gasteiger partial charge in [0.15, 0.2) is 5.96 Å². The zero-order valence-electron chi connectivity index (χ0n) is 19.1. The van der Waals surface area contributed by atoms with Crippen molar-refractivity contribution in [1.29, 1.82) is 0 Å². The predicted octanol–water partition coefficient (Wildman–Crippen LogP) is 3.99. The summed E-state index contributed by atoms with van der Waals surface area (Å²) < 4.78 is 0. The second-order valence-corrected chi connectivity index (χ2v) is 8.28. The Morgan fingerprint density at radius 3 is 2.47 bits per heavy atom. The Labute approximate surface area is 213 Å². The molecule has 174 valence electrons. The Morgan fingerprint density at radius 2 is 1.81 bits per heavy atom. The van der Waals surface area contributed by atoms with Gasteiger partial charge in [-0.2, -0.15) is 0 Å². The van der Waals surface area contributed by atoms with Crippen LogP contribution in [0.5, 0.6) is 0 Å². The van der Waals surface area contributed by atoms with Crippen LogP contribution in [0.1, 0.15) is 22.8 Å². The number of nitrogens with one attached hydrogen (secondary N) is 1. The fourth-order valence-electron chi connectivity index (χ4n) is 3.68. The van der Waals surface area contributed by atoms with E-state index in [1.807, 2.05) is 36.4 Å². The van der Waals surface area contributed by atoms with Crippen LogP contribution in [0.4, 0.5) is 5.69 Å². The molecular weight excluding hydrogens is 537 g/mol. The van der Waals surface area contributed by atoms with E-state index in [9.17, 15) is 4.79 Å². The number of carbonyl (C=O) groups excluding carboxylic acids is 1. The number of halogens is 2. The number of guanidine groups is 1. The van der Waals surface area contributed by atoms with Crippen molar-refractivity contribution in [3.05, 3.63) is 64.7 Å². The minimum absolute atomic E-state index is 0. The maximum Gasteiger partial charge on any atom is 0.253 e. The zero-order chi connectivity index (χ0) is 22.2. The Hall–Kier alpha value is -2.00. The maximum atomic E-state index is 12.2. The maximum absolute atomic E-state index is 12.2. The van der Waals surface area contributed by atoms with E-state index >= 15 is 0 Å². The van der Waals surface area contributed by atoms with E-state index in [0.29, 0.717) is 6.54 Å². The van der Waals surface area contributed by atoms with Gasteiger partial charge in [0.25, 0.3) is 5.91 Å². The molecule has 0 bridgehead atoms. The number of benzene rings is 2. The predicted molar refractivity (Wildman–Crippen MR) is 145 cm³/mol. The standard InChI is InChI=1S/C24H32ClN5O.HI/c1-4-26-24(27-12-11-19-7-5-8-20(17-19)23(31)28(2)3)30-15-13-29(14-16-30)22-10-6-9-21(25)18-22;/h5-10,17-18H,4,11-16H2,1-3H3,(H,26,27);1H. The Kier molecular flexibility index (Phi) is 10.6. The minimum Gasteiger partial charge on any atom is -0.368 e. The molecule has 2 aromatic rings.